The monoisotopic (exact) mass is 277 g/mol. The van der Waals surface area contributed by atoms with E-state index in [0.717, 1.165) is 5.69 Å². The average Bonchev–Trinajstić information content (AvgIpc) is 2.81. The molecule has 0 aliphatic heterocycles. The molecule has 0 unspecified atom stereocenters. The number of rotatable bonds is 3. The van der Waals surface area contributed by atoms with Gasteiger partial charge in [-0.25, -0.2) is 14.2 Å². The fourth-order valence-electron chi connectivity index (χ4n) is 1.56. The molecular weight excluding hydrogens is 265 g/mol. The molecule has 5 heteroatoms. The lowest BCUT2D eigenvalue weighted by Gasteiger charge is -2.02. The van der Waals surface area contributed by atoms with Gasteiger partial charge >= 0.3 is 5.97 Å². The number of halogens is 1. The second-order valence-corrected chi connectivity index (χ2v) is 4.76. The number of esters is 1. The van der Waals surface area contributed by atoms with E-state index in [9.17, 15) is 9.18 Å². The van der Waals surface area contributed by atoms with Crippen LogP contribution in [0, 0.1) is 12.7 Å². The molecular formula is C14H12FNO2S. The van der Waals surface area contributed by atoms with Crippen LogP contribution in [0.15, 0.2) is 29.6 Å². The smallest absolute Gasteiger partial charge is 0.340 e. The van der Waals surface area contributed by atoms with E-state index in [0.29, 0.717) is 16.1 Å². The SMILES string of the molecule is COC(=O)/C(=C\c1cccc(F)c1)c1nc(C)cs1. The Kier molecular flexibility index (Phi) is 4.06. The van der Waals surface area contributed by atoms with Gasteiger partial charge in [0, 0.05) is 11.1 Å². The van der Waals surface area contributed by atoms with Gasteiger partial charge in [-0.2, -0.15) is 0 Å². The maximum absolute atomic E-state index is 13.1. The third-order valence-electron chi connectivity index (χ3n) is 2.41. The van der Waals surface area contributed by atoms with E-state index in [2.05, 4.69) is 4.98 Å². The minimum atomic E-state index is -0.487. The topological polar surface area (TPSA) is 39.2 Å². The Hall–Kier alpha value is -2.01. The number of thiazole rings is 1. The number of carbonyl (C=O) groups excluding carboxylic acids is 1. The Morgan fingerprint density at radius 2 is 2.26 bits per heavy atom. The van der Waals surface area contributed by atoms with Crippen LogP contribution in [0.5, 0.6) is 0 Å². The molecule has 1 heterocycles. The molecule has 0 amide bonds. The van der Waals surface area contributed by atoms with E-state index in [1.807, 2.05) is 12.3 Å². The number of carbonyl (C=O) groups is 1. The van der Waals surface area contributed by atoms with Crippen LogP contribution in [0.4, 0.5) is 4.39 Å². The molecule has 0 aliphatic carbocycles. The highest BCUT2D eigenvalue weighted by molar-refractivity contribution is 7.11. The van der Waals surface area contributed by atoms with Crippen molar-refractivity contribution < 1.29 is 13.9 Å². The predicted molar refractivity (Wildman–Crippen MR) is 73.1 cm³/mol. The average molecular weight is 277 g/mol. The first-order valence-electron chi connectivity index (χ1n) is 5.58. The highest BCUT2D eigenvalue weighted by Gasteiger charge is 2.15. The molecule has 0 N–H and O–H groups in total. The predicted octanol–water partition coefficient (Wildman–Crippen LogP) is 3.30. The lowest BCUT2D eigenvalue weighted by atomic mass is 10.1. The number of aryl methyl sites for hydroxylation is 1. The Labute approximate surface area is 114 Å². The van der Waals surface area contributed by atoms with Gasteiger partial charge in [0.25, 0.3) is 0 Å². The molecule has 0 saturated heterocycles. The minimum absolute atomic E-state index is 0.325. The van der Waals surface area contributed by atoms with Gasteiger partial charge in [0.2, 0.25) is 0 Å². The number of methoxy groups -OCH3 is 1. The van der Waals surface area contributed by atoms with E-state index >= 15 is 0 Å². The molecule has 19 heavy (non-hydrogen) atoms. The van der Waals surface area contributed by atoms with Gasteiger partial charge in [0.15, 0.2) is 0 Å². The Morgan fingerprint density at radius 1 is 1.47 bits per heavy atom. The van der Waals surface area contributed by atoms with Crippen LogP contribution in [-0.2, 0) is 9.53 Å². The van der Waals surface area contributed by atoms with Crippen molar-refractivity contribution in [3.8, 4) is 0 Å². The summed E-state index contributed by atoms with van der Waals surface area (Å²) in [6.07, 6.45) is 1.58. The molecule has 0 spiro atoms. The number of nitrogens with zero attached hydrogens (tertiary/aromatic N) is 1. The molecule has 1 aromatic carbocycles. The zero-order valence-corrected chi connectivity index (χ0v) is 11.3. The van der Waals surface area contributed by atoms with Crippen molar-refractivity contribution in [1.29, 1.82) is 0 Å². The van der Waals surface area contributed by atoms with E-state index in [1.54, 1.807) is 18.2 Å². The fraction of sp³-hybridized carbons (Fsp3) is 0.143. The minimum Gasteiger partial charge on any atom is -0.465 e. The summed E-state index contributed by atoms with van der Waals surface area (Å²) in [5.74, 6) is -0.841. The lowest BCUT2D eigenvalue weighted by molar-refractivity contribution is -0.133. The summed E-state index contributed by atoms with van der Waals surface area (Å²) in [6, 6.07) is 6.00. The van der Waals surface area contributed by atoms with Crippen LogP contribution < -0.4 is 0 Å². The summed E-state index contributed by atoms with van der Waals surface area (Å²) >= 11 is 1.35. The van der Waals surface area contributed by atoms with E-state index in [1.165, 1.54) is 30.6 Å². The van der Waals surface area contributed by atoms with Crippen molar-refractivity contribution in [2.24, 2.45) is 0 Å². The number of ether oxygens (including phenoxy) is 1. The van der Waals surface area contributed by atoms with E-state index in [-0.39, 0.29) is 5.82 Å². The molecule has 2 rings (SSSR count). The number of benzene rings is 1. The van der Waals surface area contributed by atoms with Crippen molar-refractivity contribution in [3.05, 3.63) is 51.7 Å². The molecule has 98 valence electrons. The third-order valence-corrected chi connectivity index (χ3v) is 3.41. The van der Waals surface area contributed by atoms with E-state index < -0.39 is 5.97 Å². The summed E-state index contributed by atoms with van der Waals surface area (Å²) in [5.41, 5.74) is 1.74. The van der Waals surface area contributed by atoms with Gasteiger partial charge in [0.1, 0.15) is 10.8 Å². The quantitative estimate of drug-likeness (QED) is 0.638. The van der Waals surface area contributed by atoms with Crippen molar-refractivity contribution in [2.75, 3.05) is 7.11 Å². The van der Waals surface area contributed by atoms with Gasteiger partial charge in [0.05, 0.1) is 12.7 Å². The standard InChI is InChI=1S/C14H12FNO2S/c1-9-8-19-13(16-9)12(14(17)18-2)7-10-4-3-5-11(15)6-10/h3-8H,1-2H3/b12-7-. The van der Waals surface area contributed by atoms with Crippen LogP contribution in [0.1, 0.15) is 16.3 Å². The summed E-state index contributed by atoms with van der Waals surface area (Å²) < 4.78 is 17.9. The maximum Gasteiger partial charge on any atom is 0.340 e. The molecule has 0 radical (unpaired) electrons. The Bertz CT molecular complexity index is 634. The van der Waals surface area contributed by atoms with Gasteiger partial charge in [-0.15, -0.1) is 11.3 Å². The number of hydrogen-bond acceptors (Lipinski definition) is 4. The van der Waals surface area contributed by atoms with Gasteiger partial charge in [-0.3, -0.25) is 0 Å². The zero-order chi connectivity index (χ0) is 13.8. The first kappa shape index (κ1) is 13.4. The van der Waals surface area contributed by atoms with Crippen LogP contribution in [0.3, 0.4) is 0 Å². The van der Waals surface area contributed by atoms with Crippen LogP contribution in [-0.4, -0.2) is 18.1 Å². The van der Waals surface area contributed by atoms with Crippen molar-refractivity contribution in [1.82, 2.24) is 4.98 Å². The normalized spacial score (nSPS) is 11.4. The Balaban J connectivity index is 2.46. The van der Waals surface area contributed by atoms with Crippen molar-refractivity contribution >= 4 is 29.0 Å². The second-order valence-electron chi connectivity index (χ2n) is 3.90. The van der Waals surface area contributed by atoms with Gasteiger partial charge in [-0.1, -0.05) is 12.1 Å². The molecule has 1 aromatic heterocycles. The Morgan fingerprint density at radius 3 is 2.84 bits per heavy atom. The zero-order valence-electron chi connectivity index (χ0n) is 10.5. The molecule has 0 aliphatic rings. The lowest BCUT2D eigenvalue weighted by Crippen LogP contribution is -2.03. The van der Waals surface area contributed by atoms with Crippen molar-refractivity contribution in [3.63, 3.8) is 0 Å². The van der Waals surface area contributed by atoms with Gasteiger partial charge in [-0.05, 0) is 30.7 Å². The van der Waals surface area contributed by atoms with Crippen molar-refractivity contribution in [2.45, 2.75) is 6.92 Å². The van der Waals surface area contributed by atoms with Gasteiger partial charge < -0.3 is 4.74 Å². The second kappa shape index (κ2) is 5.75. The third kappa shape index (κ3) is 3.26. The molecule has 2 aromatic rings. The first-order chi connectivity index (χ1) is 9.10. The fourth-order valence-corrected chi connectivity index (χ4v) is 2.36. The number of aromatic nitrogens is 1. The largest absolute Gasteiger partial charge is 0.465 e. The molecule has 0 bridgehead atoms. The molecule has 0 saturated carbocycles. The first-order valence-corrected chi connectivity index (χ1v) is 6.46. The van der Waals surface area contributed by atoms with Crippen LogP contribution in [0.2, 0.25) is 0 Å². The summed E-state index contributed by atoms with van der Waals surface area (Å²) in [5, 5.41) is 2.41. The summed E-state index contributed by atoms with van der Waals surface area (Å²) in [4.78, 5) is 16.0. The molecule has 0 fully saturated rings. The highest BCUT2D eigenvalue weighted by atomic mass is 32.1. The number of hydrogen-bond donors (Lipinski definition) is 0. The summed E-state index contributed by atoms with van der Waals surface area (Å²) in [7, 11) is 1.31. The van der Waals surface area contributed by atoms with Crippen LogP contribution in [0.25, 0.3) is 11.6 Å². The maximum atomic E-state index is 13.1. The summed E-state index contributed by atoms with van der Waals surface area (Å²) in [6.45, 7) is 1.84. The molecule has 0 atom stereocenters. The van der Waals surface area contributed by atoms with E-state index in [4.69, 9.17) is 4.74 Å². The highest BCUT2D eigenvalue weighted by Crippen LogP contribution is 2.23. The van der Waals surface area contributed by atoms with Crippen LogP contribution >= 0.6 is 11.3 Å². The molecule has 3 nitrogen and oxygen atoms in total.